The van der Waals surface area contributed by atoms with Crippen LogP contribution in [0.2, 0.25) is 0 Å². The molecule has 0 aliphatic heterocycles. The summed E-state index contributed by atoms with van der Waals surface area (Å²) in [4.78, 5) is 6.84. The fourth-order valence-corrected chi connectivity index (χ4v) is 3.07. The molecule has 2 aromatic rings. The highest BCUT2D eigenvalue weighted by Gasteiger charge is 2.09. The third-order valence-corrected chi connectivity index (χ3v) is 4.38. The smallest absolute Gasteiger partial charge is 0.191 e. The molecule has 2 N–H and O–H groups in total. The second-order valence-electron chi connectivity index (χ2n) is 4.94. The molecule has 0 aliphatic rings. The highest BCUT2D eigenvalue weighted by Crippen LogP contribution is 2.30. The van der Waals surface area contributed by atoms with E-state index in [0.29, 0.717) is 6.54 Å². The average Bonchev–Trinajstić information content (AvgIpc) is 2.99. The molecule has 0 radical (unpaired) electrons. The lowest BCUT2D eigenvalue weighted by Crippen LogP contribution is -2.36. The van der Waals surface area contributed by atoms with Crippen LogP contribution in [0.15, 0.2) is 35.3 Å². The van der Waals surface area contributed by atoms with E-state index in [1.807, 2.05) is 18.2 Å². The standard InChI is InChI=1S/C17H23N3O2S/c1-12-8-9-14(23-12)11-20-17(18-2)19-10-13-6-5-7-15(21-3)16(13)22-4/h5-9H,10-11H2,1-4H3,(H2,18,19,20). The second kappa shape index (κ2) is 8.43. The molecule has 1 aromatic carbocycles. The zero-order valence-electron chi connectivity index (χ0n) is 14.0. The fourth-order valence-electron chi connectivity index (χ4n) is 2.24. The quantitative estimate of drug-likeness (QED) is 0.630. The highest BCUT2D eigenvalue weighted by molar-refractivity contribution is 7.11. The number of para-hydroxylation sites is 1. The molecule has 0 spiro atoms. The van der Waals surface area contributed by atoms with Gasteiger partial charge in [-0.05, 0) is 25.1 Å². The number of thiophene rings is 1. The summed E-state index contributed by atoms with van der Waals surface area (Å²) in [6.07, 6.45) is 0. The molecule has 0 amide bonds. The summed E-state index contributed by atoms with van der Waals surface area (Å²) in [5.74, 6) is 2.22. The number of hydrogen-bond donors (Lipinski definition) is 2. The van der Waals surface area contributed by atoms with Gasteiger partial charge < -0.3 is 20.1 Å². The first-order chi connectivity index (χ1) is 11.2. The van der Waals surface area contributed by atoms with Gasteiger partial charge in [0.1, 0.15) is 0 Å². The van der Waals surface area contributed by atoms with E-state index >= 15 is 0 Å². The molecule has 1 heterocycles. The Bertz CT molecular complexity index is 668. The lowest BCUT2D eigenvalue weighted by Gasteiger charge is -2.15. The molecule has 1 aromatic heterocycles. The Hall–Kier alpha value is -2.21. The highest BCUT2D eigenvalue weighted by atomic mass is 32.1. The Balaban J connectivity index is 1.95. The Morgan fingerprint density at radius 2 is 1.87 bits per heavy atom. The molecule has 0 atom stereocenters. The first-order valence-electron chi connectivity index (χ1n) is 7.37. The normalized spacial score (nSPS) is 11.2. The summed E-state index contributed by atoms with van der Waals surface area (Å²) in [5.41, 5.74) is 1.02. The van der Waals surface area contributed by atoms with Gasteiger partial charge in [-0.15, -0.1) is 11.3 Å². The van der Waals surface area contributed by atoms with Crippen molar-refractivity contribution in [1.29, 1.82) is 0 Å². The molecule has 5 nitrogen and oxygen atoms in total. The van der Waals surface area contributed by atoms with Crippen LogP contribution in [0.5, 0.6) is 11.5 Å². The fraction of sp³-hybridized carbons (Fsp3) is 0.353. The topological polar surface area (TPSA) is 54.9 Å². The van der Waals surface area contributed by atoms with Crippen LogP contribution in [0.25, 0.3) is 0 Å². The van der Waals surface area contributed by atoms with Crippen molar-refractivity contribution < 1.29 is 9.47 Å². The van der Waals surface area contributed by atoms with Crippen molar-refractivity contribution in [3.8, 4) is 11.5 Å². The molecule has 124 valence electrons. The van der Waals surface area contributed by atoms with Crippen molar-refractivity contribution >= 4 is 17.3 Å². The number of methoxy groups -OCH3 is 2. The van der Waals surface area contributed by atoms with Gasteiger partial charge in [0, 0.05) is 28.9 Å². The molecular formula is C17H23N3O2S. The van der Waals surface area contributed by atoms with Crippen LogP contribution in [0.3, 0.4) is 0 Å². The Kier molecular flexibility index (Phi) is 6.29. The van der Waals surface area contributed by atoms with Gasteiger partial charge in [-0.1, -0.05) is 12.1 Å². The van der Waals surface area contributed by atoms with Gasteiger partial charge in [0.15, 0.2) is 17.5 Å². The van der Waals surface area contributed by atoms with Crippen LogP contribution in [0.1, 0.15) is 15.3 Å². The number of benzene rings is 1. The van der Waals surface area contributed by atoms with Gasteiger partial charge in [0.25, 0.3) is 0 Å². The number of nitrogens with zero attached hydrogens (tertiary/aromatic N) is 1. The first kappa shape index (κ1) is 17.1. The molecule has 0 unspecified atom stereocenters. The lowest BCUT2D eigenvalue weighted by molar-refractivity contribution is 0.351. The van der Waals surface area contributed by atoms with Crippen molar-refractivity contribution in [1.82, 2.24) is 10.6 Å². The monoisotopic (exact) mass is 333 g/mol. The molecule has 6 heteroatoms. The first-order valence-corrected chi connectivity index (χ1v) is 8.19. The van der Waals surface area contributed by atoms with Crippen LogP contribution in [-0.2, 0) is 13.1 Å². The third kappa shape index (κ3) is 4.63. The summed E-state index contributed by atoms with van der Waals surface area (Å²) in [7, 11) is 5.05. The summed E-state index contributed by atoms with van der Waals surface area (Å²) in [6, 6.07) is 10.1. The van der Waals surface area contributed by atoms with Gasteiger partial charge in [-0.25, -0.2) is 0 Å². The molecule has 0 aliphatic carbocycles. The summed E-state index contributed by atoms with van der Waals surface area (Å²) in [5, 5.41) is 6.61. The van der Waals surface area contributed by atoms with Crippen molar-refractivity contribution in [2.24, 2.45) is 4.99 Å². The largest absolute Gasteiger partial charge is 0.493 e. The third-order valence-electron chi connectivity index (χ3n) is 3.38. The average molecular weight is 333 g/mol. The molecule has 2 rings (SSSR count). The van der Waals surface area contributed by atoms with Crippen molar-refractivity contribution in [3.63, 3.8) is 0 Å². The molecule has 0 bridgehead atoms. The number of aliphatic imine (C=N–C) groups is 1. The van der Waals surface area contributed by atoms with Gasteiger partial charge >= 0.3 is 0 Å². The second-order valence-corrected chi connectivity index (χ2v) is 6.32. The summed E-state index contributed by atoms with van der Waals surface area (Å²) >= 11 is 1.78. The number of guanidine groups is 1. The number of aryl methyl sites for hydroxylation is 1. The van der Waals surface area contributed by atoms with Crippen LogP contribution in [0.4, 0.5) is 0 Å². The van der Waals surface area contributed by atoms with E-state index in [0.717, 1.165) is 29.6 Å². The van der Waals surface area contributed by atoms with E-state index < -0.39 is 0 Å². The number of ether oxygens (including phenoxy) is 2. The Morgan fingerprint density at radius 3 is 2.48 bits per heavy atom. The van der Waals surface area contributed by atoms with Crippen molar-refractivity contribution in [3.05, 3.63) is 45.6 Å². The van der Waals surface area contributed by atoms with E-state index in [1.54, 1.807) is 32.6 Å². The predicted octanol–water partition coefficient (Wildman–Crippen LogP) is 2.94. The minimum Gasteiger partial charge on any atom is -0.493 e. The molecular weight excluding hydrogens is 310 g/mol. The van der Waals surface area contributed by atoms with E-state index in [4.69, 9.17) is 9.47 Å². The van der Waals surface area contributed by atoms with Crippen molar-refractivity contribution in [2.75, 3.05) is 21.3 Å². The maximum atomic E-state index is 5.44. The molecule has 0 saturated heterocycles. The minimum absolute atomic E-state index is 0.601. The summed E-state index contributed by atoms with van der Waals surface area (Å²) < 4.78 is 10.8. The van der Waals surface area contributed by atoms with E-state index in [-0.39, 0.29) is 0 Å². The Morgan fingerprint density at radius 1 is 1.09 bits per heavy atom. The molecule has 23 heavy (non-hydrogen) atoms. The zero-order chi connectivity index (χ0) is 16.7. The van der Waals surface area contributed by atoms with Gasteiger partial charge in [0.05, 0.1) is 20.8 Å². The van der Waals surface area contributed by atoms with E-state index in [1.165, 1.54) is 9.75 Å². The molecule has 0 saturated carbocycles. The van der Waals surface area contributed by atoms with E-state index in [9.17, 15) is 0 Å². The molecule has 0 fully saturated rings. The summed E-state index contributed by atoms with van der Waals surface area (Å²) in [6.45, 7) is 3.47. The van der Waals surface area contributed by atoms with Gasteiger partial charge in [0.2, 0.25) is 0 Å². The predicted molar refractivity (Wildman–Crippen MR) is 95.6 cm³/mol. The van der Waals surface area contributed by atoms with Crippen LogP contribution in [-0.4, -0.2) is 27.2 Å². The van der Waals surface area contributed by atoms with Crippen LogP contribution < -0.4 is 20.1 Å². The zero-order valence-corrected chi connectivity index (χ0v) is 14.8. The maximum Gasteiger partial charge on any atom is 0.191 e. The van der Waals surface area contributed by atoms with Gasteiger partial charge in [-0.3, -0.25) is 4.99 Å². The number of rotatable bonds is 6. The lowest BCUT2D eigenvalue weighted by atomic mass is 10.2. The SMILES string of the molecule is CN=C(NCc1ccc(C)s1)NCc1cccc(OC)c1OC. The van der Waals surface area contributed by atoms with Gasteiger partial charge in [-0.2, -0.15) is 0 Å². The minimum atomic E-state index is 0.601. The maximum absolute atomic E-state index is 5.44. The van der Waals surface area contributed by atoms with Crippen LogP contribution in [0, 0.1) is 6.92 Å². The van der Waals surface area contributed by atoms with Crippen LogP contribution >= 0.6 is 11.3 Å². The van der Waals surface area contributed by atoms with Crippen molar-refractivity contribution in [2.45, 2.75) is 20.0 Å². The number of nitrogens with one attached hydrogen (secondary N) is 2. The number of hydrogen-bond acceptors (Lipinski definition) is 4. The van der Waals surface area contributed by atoms with E-state index in [2.05, 4.69) is 34.7 Å². The Labute approximate surface area is 141 Å².